The molecular weight excluding hydrogens is 312 g/mol. The number of aryl methyl sites for hydroxylation is 1. The van der Waals surface area contributed by atoms with E-state index in [0.717, 1.165) is 23.6 Å². The molecule has 1 heterocycles. The van der Waals surface area contributed by atoms with Crippen LogP contribution in [0.3, 0.4) is 0 Å². The minimum absolute atomic E-state index is 0.0226. The molecule has 2 N–H and O–H groups in total. The van der Waals surface area contributed by atoms with Crippen LogP contribution in [0.5, 0.6) is 0 Å². The lowest BCUT2D eigenvalue weighted by Gasteiger charge is -2.42. The maximum Gasteiger partial charge on any atom is 0.315 e. The van der Waals surface area contributed by atoms with Crippen LogP contribution < -0.4 is 10.6 Å². The number of carbonyl (C=O) groups excluding carboxylic acids is 1. The van der Waals surface area contributed by atoms with Crippen LogP contribution in [-0.4, -0.2) is 22.4 Å². The molecule has 0 atom stereocenters. The van der Waals surface area contributed by atoms with Gasteiger partial charge in [-0.1, -0.05) is 30.2 Å². The van der Waals surface area contributed by atoms with Gasteiger partial charge in [0, 0.05) is 30.2 Å². The van der Waals surface area contributed by atoms with Gasteiger partial charge in [-0.15, -0.1) is 0 Å². The number of aromatic nitrogens is 2. The molecule has 1 aliphatic rings. The number of nitrogens with zero attached hydrogens (tertiary/aromatic N) is 2. The number of amides is 2. The Hall–Kier alpha value is -2.01. The molecule has 6 heteroatoms. The van der Waals surface area contributed by atoms with E-state index in [0.29, 0.717) is 13.1 Å². The Balaban J connectivity index is 1.56. The molecule has 1 saturated carbocycles. The van der Waals surface area contributed by atoms with Crippen LogP contribution in [0.4, 0.5) is 4.79 Å². The van der Waals surface area contributed by atoms with Crippen LogP contribution >= 0.6 is 11.6 Å². The highest BCUT2D eigenvalue weighted by molar-refractivity contribution is 6.30. The minimum Gasteiger partial charge on any atom is -0.337 e. The number of nitrogens with one attached hydrogen (secondary N) is 2. The van der Waals surface area contributed by atoms with Gasteiger partial charge in [-0.05, 0) is 36.6 Å². The Labute approximate surface area is 141 Å². The van der Waals surface area contributed by atoms with Crippen molar-refractivity contribution in [1.29, 1.82) is 0 Å². The highest BCUT2D eigenvalue weighted by Crippen LogP contribution is 2.43. The second kappa shape index (κ2) is 6.62. The first-order valence-corrected chi connectivity index (χ1v) is 8.21. The van der Waals surface area contributed by atoms with Crippen molar-refractivity contribution in [3.05, 3.63) is 52.8 Å². The van der Waals surface area contributed by atoms with Gasteiger partial charge in [-0.25, -0.2) is 4.79 Å². The predicted octanol–water partition coefficient (Wildman–Crippen LogP) is 2.99. The molecule has 0 saturated heterocycles. The van der Waals surface area contributed by atoms with Crippen molar-refractivity contribution in [3.63, 3.8) is 0 Å². The summed E-state index contributed by atoms with van der Waals surface area (Å²) < 4.78 is 1.75. The van der Waals surface area contributed by atoms with E-state index in [1.807, 2.05) is 31.3 Å². The molecule has 0 radical (unpaired) electrons. The SMILES string of the molecule is Cn1nccc1CNC(=O)NCC1(c2cccc(Cl)c2)CCC1. The van der Waals surface area contributed by atoms with Gasteiger partial charge in [0.05, 0.1) is 12.2 Å². The van der Waals surface area contributed by atoms with Crippen LogP contribution in [-0.2, 0) is 19.0 Å². The third kappa shape index (κ3) is 3.50. The number of hydrogen-bond acceptors (Lipinski definition) is 2. The fourth-order valence-electron chi connectivity index (χ4n) is 3.05. The Morgan fingerprint density at radius 3 is 2.78 bits per heavy atom. The first kappa shape index (κ1) is 15.9. The van der Waals surface area contributed by atoms with E-state index in [-0.39, 0.29) is 11.4 Å². The molecule has 2 amide bonds. The van der Waals surface area contributed by atoms with Gasteiger partial charge < -0.3 is 10.6 Å². The first-order chi connectivity index (χ1) is 11.1. The molecule has 3 rings (SSSR count). The zero-order valence-electron chi connectivity index (χ0n) is 13.2. The standard InChI is InChI=1S/C17H21ClN4O/c1-22-15(6-9-21-22)11-19-16(23)20-12-17(7-3-8-17)13-4-2-5-14(18)10-13/h2,4-6,9-10H,3,7-8,11-12H2,1H3,(H2,19,20,23). The molecule has 1 aromatic carbocycles. The summed E-state index contributed by atoms with van der Waals surface area (Å²) in [7, 11) is 1.86. The number of urea groups is 1. The molecule has 0 aliphatic heterocycles. The van der Waals surface area contributed by atoms with E-state index in [1.54, 1.807) is 10.9 Å². The van der Waals surface area contributed by atoms with Crippen LogP contribution in [0.15, 0.2) is 36.5 Å². The number of hydrogen-bond donors (Lipinski definition) is 2. The monoisotopic (exact) mass is 332 g/mol. The largest absolute Gasteiger partial charge is 0.337 e. The third-order valence-corrected chi connectivity index (χ3v) is 4.92. The first-order valence-electron chi connectivity index (χ1n) is 7.84. The molecule has 23 heavy (non-hydrogen) atoms. The maximum atomic E-state index is 12.1. The quantitative estimate of drug-likeness (QED) is 0.884. The second-order valence-corrected chi connectivity index (χ2v) is 6.56. The van der Waals surface area contributed by atoms with Crippen LogP contribution in [0.2, 0.25) is 5.02 Å². The highest BCUT2D eigenvalue weighted by Gasteiger charge is 2.38. The Kier molecular flexibility index (Phi) is 4.57. The van der Waals surface area contributed by atoms with Crippen molar-refractivity contribution in [3.8, 4) is 0 Å². The molecule has 5 nitrogen and oxygen atoms in total. The third-order valence-electron chi connectivity index (χ3n) is 4.69. The molecule has 0 unspecified atom stereocenters. The highest BCUT2D eigenvalue weighted by atomic mass is 35.5. The summed E-state index contributed by atoms with van der Waals surface area (Å²) in [4.78, 5) is 12.1. The molecule has 1 aliphatic carbocycles. The van der Waals surface area contributed by atoms with Crippen LogP contribution in [0.1, 0.15) is 30.5 Å². The molecule has 2 aromatic rings. The lowest BCUT2D eigenvalue weighted by molar-refractivity contribution is 0.214. The van der Waals surface area contributed by atoms with Crippen molar-refractivity contribution >= 4 is 17.6 Å². The van der Waals surface area contributed by atoms with E-state index in [9.17, 15) is 4.79 Å². The Bertz CT molecular complexity index is 693. The van der Waals surface area contributed by atoms with Crippen molar-refractivity contribution < 1.29 is 4.79 Å². The molecule has 0 spiro atoms. The summed E-state index contributed by atoms with van der Waals surface area (Å²) in [5.74, 6) is 0. The van der Waals surface area contributed by atoms with Gasteiger partial charge >= 0.3 is 6.03 Å². The molecule has 1 aromatic heterocycles. The lowest BCUT2D eigenvalue weighted by Crippen LogP contribution is -2.48. The van der Waals surface area contributed by atoms with E-state index >= 15 is 0 Å². The van der Waals surface area contributed by atoms with Crippen molar-refractivity contribution in [2.75, 3.05) is 6.54 Å². The van der Waals surface area contributed by atoms with Gasteiger partial charge in [-0.2, -0.15) is 5.10 Å². The van der Waals surface area contributed by atoms with Gasteiger partial charge in [0.25, 0.3) is 0 Å². The summed E-state index contributed by atoms with van der Waals surface area (Å²) >= 11 is 6.11. The number of benzene rings is 1. The van der Waals surface area contributed by atoms with Gasteiger partial charge in [-0.3, -0.25) is 4.68 Å². The van der Waals surface area contributed by atoms with Crippen LogP contribution in [0.25, 0.3) is 0 Å². The van der Waals surface area contributed by atoms with Crippen molar-refractivity contribution in [2.45, 2.75) is 31.2 Å². The Morgan fingerprint density at radius 2 is 2.17 bits per heavy atom. The zero-order chi connectivity index (χ0) is 16.3. The van der Waals surface area contributed by atoms with Gasteiger partial charge in [0.15, 0.2) is 0 Å². The summed E-state index contributed by atoms with van der Waals surface area (Å²) in [5, 5.41) is 10.7. The van der Waals surface area contributed by atoms with E-state index in [1.165, 1.54) is 12.0 Å². The van der Waals surface area contributed by atoms with E-state index < -0.39 is 0 Å². The molecular formula is C17H21ClN4O. The van der Waals surface area contributed by atoms with Crippen molar-refractivity contribution in [1.82, 2.24) is 20.4 Å². The minimum atomic E-state index is -0.153. The lowest BCUT2D eigenvalue weighted by atomic mass is 9.64. The zero-order valence-corrected chi connectivity index (χ0v) is 13.9. The smallest absolute Gasteiger partial charge is 0.315 e. The maximum absolute atomic E-state index is 12.1. The fraction of sp³-hybridized carbons (Fsp3) is 0.412. The fourth-order valence-corrected chi connectivity index (χ4v) is 3.24. The predicted molar refractivity (Wildman–Crippen MR) is 90.4 cm³/mol. The van der Waals surface area contributed by atoms with Crippen molar-refractivity contribution in [2.24, 2.45) is 7.05 Å². The van der Waals surface area contributed by atoms with Gasteiger partial charge in [0.2, 0.25) is 0 Å². The average Bonchev–Trinajstić information content (AvgIpc) is 2.89. The Morgan fingerprint density at radius 1 is 1.35 bits per heavy atom. The molecule has 0 bridgehead atoms. The summed E-state index contributed by atoms with van der Waals surface area (Å²) in [5.41, 5.74) is 2.20. The number of rotatable bonds is 5. The normalized spacial score (nSPS) is 15.7. The van der Waals surface area contributed by atoms with E-state index in [4.69, 9.17) is 11.6 Å². The summed E-state index contributed by atoms with van der Waals surface area (Å²) in [6, 6.07) is 9.70. The van der Waals surface area contributed by atoms with Gasteiger partial charge in [0.1, 0.15) is 0 Å². The summed E-state index contributed by atoms with van der Waals surface area (Å²) in [6.45, 7) is 1.09. The van der Waals surface area contributed by atoms with Crippen LogP contribution in [0, 0.1) is 0 Å². The van der Waals surface area contributed by atoms with E-state index in [2.05, 4.69) is 21.8 Å². The molecule has 122 valence electrons. The number of halogens is 1. The second-order valence-electron chi connectivity index (χ2n) is 6.13. The molecule has 1 fully saturated rings. The summed E-state index contributed by atoms with van der Waals surface area (Å²) in [6.07, 6.45) is 5.06. The average molecular weight is 333 g/mol. The number of carbonyl (C=O) groups is 1. The topological polar surface area (TPSA) is 59.0 Å².